The Bertz CT molecular complexity index is 948. The Morgan fingerprint density at radius 1 is 0.765 bits per heavy atom. The predicted octanol–water partition coefficient (Wildman–Crippen LogP) is 4.19. The lowest BCUT2D eigenvalue weighted by Gasteiger charge is -2.40. The van der Waals surface area contributed by atoms with Gasteiger partial charge in [0.05, 0.1) is 26.4 Å². The monoisotopic (exact) mass is 470 g/mol. The third-order valence-corrected chi connectivity index (χ3v) is 6.47. The lowest BCUT2D eigenvalue weighted by molar-refractivity contribution is -0.281. The first-order valence-corrected chi connectivity index (χ1v) is 11.9. The van der Waals surface area contributed by atoms with Gasteiger partial charge in [0.25, 0.3) is 0 Å². The van der Waals surface area contributed by atoms with Crippen molar-refractivity contribution in [3.8, 4) is 0 Å². The van der Waals surface area contributed by atoms with Crippen LogP contribution in [0.2, 0.25) is 0 Å². The van der Waals surface area contributed by atoms with Gasteiger partial charge in [0.1, 0.15) is 18.3 Å². The zero-order valence-electron chi connectivity index (χ0n) is 20.3. The highest BCUT2D eigenvalue weighted by Gasteiger charge is 2.67. The molecule has 7 nitrogen and oxygen atoms in total. The number of rotatable bonds is 8. The Hall–Kier alpha value is -1.84. The van der Waals surface area contributed by atoms with E-state index in [0.717, 1.165) is 11.1 Å². The van der Waals surface area contributed by atoms with Crippen molar-refractivity contribution in [1.82, 2.24) is 0 Å². The van der Waals surface area contributed by atoms with Gasteiger partial charge in [0.2, 0.25) is 0 Å². The van der Waals surface area contributed by atoms with E-state index < -0.39 is 41.8 Å². The Labute approximate surface area is 201 Å². The molecule has 7 heteroatoms. The Balaban J connectivity index is 1.42. The highest BCUT2D eigenvalue weighted by Crippen LogP contribution is 2.48. The molecule has 3 aliphatic heterocycles. The first-order chi connectivity index (χ1) is 16.3. The summed E-state index contributed by atoms with van der Waals surface area (Å²) in [4.78, 5) is 0. The average Bonchev–Trinajstić information content (AvgIpc) is 3.41. The number of hydrogen-bond donors (Lipinski definition) is 0. The van der Waals surface area contributed by atoms with Crippen LogP contribution in [0, 0.1) is 0 Å². The van der Waals surface area contributed by atoms with Gasteiger partial charge >= 0.3 is 0 Å². The van der Waals surface area contributed by atoms with Crippen molar-refractivity contribution in [1.29, 1.82) is 0 Å². The molecule has 184 valence electrons. The maximum absolute atomic E-state index is 6.62. The molecule has 3 fully saturated rings. The summed E-state index contributed by atoms with van der Waals surface area (Å²) in [6.07, 6.45) is -1.92. The molecule has 0 amide bonds. The second-order valence-electron chi connectivity index (χ2n) is 10.1. The average molecular weight is 471 g/mol. The van der Waals surface area contributed by atoms with Crippen molar-refractivity contribution >= 4 is 0 Å². The van der Waals surface area contributed by atoms with Gasteiger partial charge < -0.3 is 33.2 Å². The molecule has 34 heavy (non-hydrogen) atoms. The predicted molar refractivity (Wildman–Crippen MR) is 124 cm³/mol. The molecule has 0 bridgehead atoms. The third kappa shape index (κ3) is 4.93. The van der Waals surface area contributed by atoms with E-state index >= 15 is 0 Å². The fraction of sp³-hybridized carbons (Fsp3) is 0.556. The number of benzene rings is 2. The van der Waals surface area contributed by atoms with Crippen molar-refractivity contribution in [3.05, 3.63) is 71.8 Å². The molecule has 3 heterocycles. The van der Waals surface area contributed by atoms with E-state index in [0.29, 0.717) is 19.8 Å². The minimum absolute atomic E-state index is 0.242. The summed E-state index contributed by atoms with van der Waals surface area (Å²) in [5, 5.41) is 0. The molecular weight excluding hydrogens is 436 g/mol. The molecule has 0 aromatic heterocycles. The van der Waals surface area contributed by atoms with Crippen LogP contribution in [0.4, 0.5) is 0 Å². The van der Waals surface area contributed by atoms with Crippen molar-refractivity contribution in [2.75, 3.05) is 13.2 Å². The molecule has 2 aromatic rings. The van der Waals surface area contributed by atoms with Crippen molar-refractivity contribution in [2.24, 2.45) is 0 Å². The number of hydrogen-bond acceptors (Lipinski definition) is 7. The molecule has 3 aliphatic rings. The molecule has 0 unspecified atom stereocenters. The van der Waals surface area contributed by atoms with E-state index in [2.05, 4.69) is 0 Å². The van der Waals surface area contributed by atoms with Crippen LogP contribution in [-0.2, 0) is 46.4 Å². The maximum atomic E-state index is 6.62. The molecule has 0 N–H and O–H groups in total. The van der Waals surface area contributed by atoms with E-state index in [9.17, 15) is 0 Å². The lowest BCUT2D eigenvalue weighted by atomic mass is 9.89. The Kier molecular flexibility index (Phi) is 6.54. The van der Waals surface area contributed by atoms with Gasteiger partial charge in [0, 0.05) is 0 Å². The summed E-state index contributed by atoms with van der Waals surface area (Å²) < 4.78 is 44.1. The van der Waals surface area contributed by atoms with Gasteiger partial charge in [-0.05, 0) is 38.8 Å². The number of ether oxygens (including phenoxy) is 7. The van der Waals surface area contributed by atoms with E-state index in [1.54, 1.807) is 0 Å². The zero-order valence-corrected chi connectivity index (χ0v) is 20.3. The summed E-state index contributed by atoms with van der Waals surface area (Å²) in [6, 6.07) is 20.1. The zero-order chi connectivity index (χ0) is 23.8. The second kappa shape index (κ2) is 9.32. The topological polar surface area (TPSA) is 64.6 Å². The summed E-state index contributed by atoms with van der Waals surface area (Å²) in [5.41, 5.74) is 1.17. The van der Waals surface area contributed by atoms with Gasteiger partial charge in [-0.25, -0.2) is 0 Å². The quantitative estimate of drug-likeness (QED) is 0.573. The van der Waals surface area contributed by atoms with Gasteiger partial charge in [-0.15, -0.1) is 0 Å². The van der Waals surface area contributed by atoms with Gasteiger partial charge in [-0.3, -0.25) is 0 Å². The van der Waals surface area contributed by atoms with Crippen LogP contribution in [-0.4, -0.2) is 55.0 Å². The minimum Gasteiger partial charge on any atom is -0.374 e. The summed E-state index contributed by atoms with van der Waals surface area (Å²) in [7, 11) is 0. The van der Waals surface area contributed by atoms with Crippen LogP contribution in [0.25, 0.3) is 0 Å². The van der Waals surface area contributed by atoms with Crippen LogP contribution in [0.1, 0.15) is 38.8 Å². The largest absolute Gasteiger partial charge is 0.374 e. The van der Waals surface area contributed by atoms with E-state index in [4.69, 9.17) is 33.2 Å². The fourth-order valence-corrected chi connectivity index (χ4v) is 4.91. The molecule has 0 spiro atoms. The van der Waals surface area contributed by atoms with Gasteiger partial charge in [-0.2, -0.15) is 0 Å². The highest BCUT2D eigenvalue weighted by atomic mass is 16.9. The van der Waals surface area contributed by atoms with Gasteiger partial charge in [-0.1, -0.05) is 60.7 Å². The fourth-order valence-electron chi connectivity index (χ4n) is 4.91. The highest BCUT2D eigenvalue weighted by molar-refractivity contribution is 5.16. The molecule has 5 atom stereocenters. The van der Waals surface area contributed by atoms with Crippen molar-refractivity contribution < 1.29 is 33.2 Å². The maximum Gasteiger partial charge on any atom is 0.190 e. The minimum atomic E-state index is -0.969. The first-order valence-electron chi connectivity index (χ1n) is 11.9. The molecule has 5 rings (SSSR count). The van der Waals surface area contributed by atoms with Crippen molar-refractivity contribution in [2.45, 2.75) is 82.7 Å². The van der Waals surface area contributed by atoms with Crippen LogP contribution in [0.5, 0.6) is 0 Å². The smallest absolute Gasteiger partial charge is 0.190 e. The van der Waals surface area contributed by atoms with E-state index in [-0.39, 0.29) is 6.61 Å². The van der Waals surface area contributed by atoms with Gasteiger partial charge in [0.15, 0.2) is 23.5 Å². The van der Waals surface area contributed by atoms with Crippen LogP contribution in [0.15, 0.2) is 60.7 Å². The third-order valence-electron chi connectivity index (χ3n) is 6.47. The Morgan fingerprint density at radius 3 is 2.03 bits per heavy atom. The molecule has 2 aromatic carbocycles. The Morgan fingerprint density at radius 2 is 1.41 bits per heavy atom. The molecular formula is C27H34O7. The summed E-state index contributed by atoms with van der Waals surface area (Å²) in [6.45, 7) is 9.01. The van der Waals surface area contributed by atoms with Crippen molar-refractivity contribution in [3.63, 3.8) is 0 Å². The summed E-state index contributed by atoms with van der Waals surface area (Å²) in [5.74, 6) is -1.50. The van der Waals surface area contributed by atoms with E-state index in [1.165, 1.54) is 0 Å². The first kappa shape index (κ1) is 23.9. The standard InChI is InChI=1S/C27H34O7/c1-25(2)30-17-21(31-25)27(18-28-15-19-11-7-5-8-12-19)23(29-16-20-13-9-6-10-14-20)22-24(34-27)33-26(3,4)32-22/h5-14,21-24H,15-18H2,1-4H3/t21-,22-,23+,24+,27+/m1/s1. The van der Waals surface area contributed by atoms with E-state index in [1.807, 2.05) is 88.4 Å². The van der Waals surface area contributed by atoms with Crippen LogP contribution >= 0.6 is 0 Å². The lowest BCUT2D eigenvalue weighted by Crippen LogP contribution is -2.58. The normalized spacial score (nSPS) is 33.8. The van der Waals surface area contributed by atoms with Crippen LogP contribution < -0.4 is 0 Å². The molecule has 3 saturated heterocycles. The molecule has 0 radical (unpaired) electrons. The molecule has 0 saturated carbocycles. The second-order valence-corrected chi connectivity index (χ2v) is 10.1. The SMILES string of the molecule is CC1(C)O[C@H]2O[C@@](COCc3ccccc3)([C@H]3COC(C)(C)O3)[C@@H](OCc3ccccc3)[C@H]2O1. The van der Waals surface area contributed by atoms with Crippen LogP contribution in [0.3, 0.4) is 0 Å². The summed E-state index contributed by atoms with van der Waals surface area (Å²) >= 11 is 0. The number of fused-ring (bicyclic) bond motifs is 1. The molecule has 0 aliphatic carbocycles.